The first-order chi connectivity index (χ1) is 29.2. The Morgan fingerprint density at radius 3 is 2.47 bits per heavy atom. The summed E-state index contributed by atoms with van der Waals surface area (Å²) in [5, 5.41) is 19.2. The van der Waals surface area contributed by atoms with Gasteiger partial charge >= 0.3 is 0 Å². The summed E-state index contributed by atoms with van der Waals surface area (Å²) in [5.41, 5.74) is 5.18. The van der Waals surface area contributed by atoms with E-state index in [1.54, 1.807) is 17.0 Å². The second-order valence-corrected chi connectivity index (χ2v) is 16.4. The molecule has 0 radical (unpaired) electrons. The molecule has 5 heterocycles. The monoisotopic (exact) mass is 816 g/mol. The number of rotatable bonds is 16. The molecule has 2 saturated heterocycles. The predicted octanol–water partition coefficient (Wildman–Crippen LogP) is 3.96. The van der Waals surface area contributed by atoms with Crippen LogP contribution < -0.4 is 16.0 Å². The van der Waals surface area contributed by atoms with E-state index < -0.39 is 18.1 Å². The molecule has 4 aliphatic rings. The number of piperidine rings is 2. The summed E-state index contributed by atoms with van der Waals surface area (Å²) in [4.78, 5) is 76.7. The Bertz CT molecular complexity index is 2110. The number of carbonyl (C=O) groups is 5. The summed E-state index contributed by atoms with van der Waals surface area (Å²) in [6.45, 7) is 3.99. The van der Waals surface area contributed by atoms with Crippen molar-refractivity contribution in [2.24, 2.45) is 0 Å². The molecule has 5 amide bonds. The van der Waals surface area contributed by atoms with Crippen LogP contribution in [0.1, 0.15) is 120 Å². The van der Waals surface area contributed by atoms with Gasteiger partial charge in [-0.15, -0.1) is 0 Å². The number of hydrogen-bond donors (Lipinski definition) is 4. The highest BCUT2D eigenvalue weighted by Crippen LogP contribution is 2.28. The summed E-state index contributed by atoms with van der Waals surface area (Å²) < 4.78 is 0. The molecule has 4 N–H and O–H groups in total. The molecule has 60 heavy (non-hydrogen) atoms. The maximum atomic E-state index is 12.9. The molecule has 0 saturated carbocycles. The Kier molecular flexibility index (Phi) is 14.5. The molecule has 2 atom stereocenters. The van der Waals surface area contributed by atoms with Crippen LogP contribution in [0.4, 0.5) is 5.82 Å². The van der Waals surface area contributed by atoms with Gasteiger partial charge in [0.15, 0.2) is 0 Å². The molecule has 0 aliphatic carbocycles. The van der Waals surface area contributed by atoms with Crippen LogP contribution in [0.15, 0.2) is 54.9 Å². The number of fused-ring (bicyclic) bond motifs is 2. The number of likely N-dealkylation sites (tertiary alicyclic amines) is 1. The minimum Gasteiger partial charge on any atom is -0.390 e. The molecular formula is C46H56N8O6. The smallest absolute Gasteiger partial charge is 0.270 e. The lowest BCUT2D eigenvalue weighted by Crippen LogP contribution is -2.52. The van der Waals surface area contributed by atoms with E-state index in [1.807, 2.05) is 23.1 Å². The standard InChI is InChI=1S/C46H56N8O6/c55-37(30-52-22-19-33-12-9-10-13-34(33)28-52)27-47-44(58)39-26-41(49-31-48-39)50-36-20-23-53(24-21-36)43(57)14-8-6-4-2-1-3-5-7-11-32-15-16-38-35(25-32)29-54(46(38)60)40-17-18-42(56)51-45(40)59/h9-10,12-13,15-16,25-26,31,36-37,40,55H,1-6,8,14,17-24,27-30H2,(H,47,58)(H,48,49,50)(H,51,56,59)/t37-,40?/m0/s1. The third-order valence-electron chi connectivity index (χ3n) is 12.0. The molecule has 7 rings (SSSR count). The van der Waals surface area contributed by atoms with Crippen molar-refractivity contribution in [1.29, 1.82) is 0 Å². The van der Waals surface area contributed by atoms with Crippen LogP contribution in [0.3, 0.4) is 0 Å². The zero-order chi connectivity index (χ0) is 41.8. The number of imide groups is 1. The summed E-state index contributed by atoms with van der Waals surface area (Å²) >= 11 is 0. The van der Waals surface area contributed by atoms with Gasteiger partial charge < -0.3 is 25.5 Å². The van der Waals surface area contributed by atoms with E-state index in [9.17, 15) is 29.1 Å². The van der Waals surface area contributed by atoms with Crippen LogP contribution in [0, 0.1) is 11.8 Å². The number of unbranched alkanes of at least 4 members (excludes halogenated alkanes) is 6. The zero-order valence-electron chi connectivity index (χ0n) is 34.3. The Balaban J connectivity index is 0.720. The van der Waals surface area contributed by atoms with Crippen molar-refractivity contribution in [3.8, 4) is 11.8 Å². The van der Waals surface area contributed by atoms with Crippen LogP contribution in [0.5, 0.6) is 0 Å². The SMILES string of the molecule is O=C1CCC(N2Cc3cc(C#CCCCCCCCCC(=O)N4CCC(Nc5cc(C(=O)NC[C@H](O)CN6CCc7ccccc7C6)ncn5)CC4)ccc3C2=O)C(=O)N1. The molecule has 14 heteroatoms. The number of benzene rings is 2. The number of anilines is 1. The van der Waals surface area contributed by atoms with E-state index >= 15 is 0 Å². The minimum absolute atomic E-state index is 0.135. The Morgan fingerprint density at radius 2 is 1.65 bits per heavy atom. The van der Waals surface area contributed by atoms with Gasteiger partial charge in [0.1, 0.15) is 23.9 Å². The van der Waals surface area contributed by atoms with Crippen LogP contribution >= 0.6 is 0 Å². The highest BCUT2D eigenvalue weighted by Gasteiger charge is 2.39. The molecule has 2 fully saturated rings. The quantitative estimate of drug-likeness (QED) is 0.0941. The first kappa shape index (κ1) is 42.5. The second kappa shape index (κ2) is 20.5. The third-order valence-corrected chi connectivity index (χ3v) is 12.0. The maximum Gasteiger partial charge on any atom is 0.270 e. The molecule has 14 nitrogen and oxygen atoms in total. The normalized spacial score (nSPS) is 18.6. The molecule has 1 aromatic heterocycles. The van der Waals surface area contributed by atoms with Gasteiger partial charge in [0.05, 0.1) is 6.10 Å². The number of nitrogens with zero attached hydrogens (tertiary/aromatic N) is 5. The van der Waals surface area contributed by atoms with Crippen molar-refractivity contribution in [2.75, 3.05) is 38.0 Å². The molecule has 1 unspecified atom stereocenters. The average Bonchev–Trinajstić information content (AvgIpc) is 3.58. The fraction of sp³-hybridized carbons (Fsp3) is 0.500. The molecule has 3 aromatic rings. The largest absolute Gasteiger partial charge is 0.390 e. The number of aliphatic hydroxyl groups excluding tert-OH is 1. The van der Waals surface area contributed by atoms with Gasteiger partial charge in [-0.2, -0.15) is 0 Å². The maximum absolute atomic E-state index is 12.9. The Morgan fingerprint density at radius 1 is 0.867 bits per heavy atom. The number of hydrogen-bond acceptors (Lipinski definition) is 10. The van der Waals surface area contributed by atoms with Gasteiger partial charge in [0.2, 0.25) is 17.7 Å². The van der Waals surface area contributed by atoms with Gasteiger partial charge in [0.25, 0.3) is 11.8 Å². The Hall–Kier alpha value is -5.65. The Labute approximate surface area is 351 Å². The molecule has 0 spiro atoms. The first-order valence-electron chi connectivity index (χ1n) is 21.6. The number of β-amino-alcohol motifs (C(OH)–C–C–N with tert-alkyl or cyclic N) is 1. The molecular weight excluding hydrogens is 761 g/mol. The van der Waals surface area contributed by atoms with Gasteiger partial charge in [-0.25, -0.2) is 9.97 Å². The van der Waals surface area contributed by atoms with Crippen LogP contribution in [0.2, 0.25) is 0 Å². The lowest BCUT2D eigenvalue weighted by molar-refractivity contribution is -0.137. The summed E-state index contributed by atoms with van der Waals surface area (Å²) in [5.74, 6) is 6.00. The van der Waals surface area contributed by atoms with Gasteiger partial charge in [-0.3, -0.25) is 34.2 Å². The van der Waals surface area contributed by atoms with E-state index in [1.165, 1.54) is 17.5 Å². The fourth-order valence-electron chi connectivity index (χ4n) is 8.59. The second-order valence-electron chi connectivity index (χ2n) is 16.4. The van der Waals surface area contributed by atoms with Gasteiger partial charge in [-0.05, 0) is 73.4 Å². The van der Waals surface area contributed by atoms with Crippen molar-refractivity contribution >= 4 is 35.4 Å². The van der Waals surface area contributed by atoms with E-state index in [-0.39, 0.29) is 48.3 Å². The molecule has 2 aromatic carbocycles. The summed E-state index contributed by atoms with van der Waals surface area (Å²) in [7, 11) is 0. The summed E-state index contributed by atoms with van der Waals surface area (Å²) in [6, 6.07) is 15.1. The third kappa shape index (κ3) is 11.3. The average molecular weight is 817 g/mol. The topological polar surface area (TPSA) is 177 Å². The van der Waals surface area contributed by atoms with Crippen molar-refractivity contribution < 1.29 is 29.1 Å². The zero-order valence-corrected chi connectivity index (χ0v) is 34.3. The number of carbonyl (C=O) groups excluding carboxylic acids is 5. The highest BCUT2D eigenvalue weighted by atomic mass is 16.3. The van der Waals surface area contributed by atoms with Crippen molar-refractivity contribution in [2.45, 2.75) is 115 Å². The molecule has 4 aliphatic heterocycles. The fourth-order valence-corrected chi connectivity index (χ4v) is 8.59. The lowest BCUT2D eigenvalue weighted by Gasteiger charge is -2.32. The lowest BCUT2D eigenvalue weighted by atomic mass is 10.00. The van der Waals surface area contributed by atoms with Crippen LogP contribution in [-0.2, 0) is 33.9 Å². The number of nitrogens with one attached hydrogen (secondary N) is 3. The number of aromatic nitrogens is 2. The number of aliphatic hydroxyl groups is 1. The van der Waals surface area contributed by atoms with Crippen LogP contribution in [0.25, 0.3) is 0 Å². The van der Waals surface area contributed by atoms with Crippen molar-refractivity contribution in [3.05, 3.63) is 88.4 Å². The predicted molar refractivity (Wildman–Crippen MR) is 225 cm³/mol. The van der Waals surface area contributed by atoms with E-state index in [0.717, 1.165) is 88.4 Å². The summed E-state index contributed by atoms with van der Waals surface area (Å²) in [6.07, 6.45) is 11.3. The van der Waals surface area contributed by atoms with Crippen molar-refractivity contribution in [3.63, 3.8) is 0 Å². The first-order valence-corrected chi connectivity index (χ1v) is 21.6. The van der Waals surface area contributed by atoms with Gasteiger partial charge in [-0.1, -0.05) is 61.8 Å². The number of amides is 5. The van der Waals surface area contributed by atoms with E-state index in [2.05, 4.69) is 60.9 Å². The molecule has 316 valence electrons. The van der Waals surface area contributed by atoms with Crippen LogP contribution in [-0.4, -0.2) is 110 Å². The van der Waals surface area contributed by atoms with E-state index in [4.69, 9.17) is 0 Å². The minimum atomic E-state index is -0.694. The molecule has 0 bridgehead atoms. The van der Waals surface area contributed by atoms with E-state index in [0.29, 0.717) is 50.4 Å². The highest BCUT2D eigenvalue weighted by molar-refractivity contribution is 6.05. The van der Waals surface area contributed by atoms with Gasteiger partial charge in [0, 0.05) is 88.3 Å². The van der Waals surface area contributed by atoms with Crippen molar-refractivity contribution in [1.82, 2.24) is 35.3 Å².